The number of nitrogens with zero attached hydrogens (tertiary/aromatic N) is 6. The smallest absolute Gasteiger partial charge is 0.227 e. The van der Waals surface area contributed by atoms with Gasteiger partial charge in [0.1, 0.15) is 30.9 Å². The Morgan fingerprint density at radius 2 is 1.81 bits per heavy atom. The van der Waals surface area contributed by atoms with Crippen LogP contribution >= 0.6 is 0 Å². The van der Waals surface area contributed by atoms with E-state index in [9.17, 15) is 4.79 Å². The molecular formula is C22H26N6O3. The van der Waals surface area contributed by atoms with Crippen molar-refractivity contribution in [2.45, 2.75) is 38.5 Å². The van der Waals surface area contributed by atoms with Crippen molar-refractivity contribution in [1.29, 1.82) is 0 Å². The van der Waals surface area contributed by atoms with Crippen molar-refractivity contribution in [3.63, 3.8) is 0 Å². The van der Waals surface area contributed by atoms with Crippen LogP contribution in [0.25, 0.3) is 5.69 Å². The van der Waals surface area contributed by atoms with Gasteiger partial charge in [-0.3, -0.25) is 4.79 Å². The molecule has 9 nitrogen and oxygen atoms in total. The summed E-state index contributed by atoms with van der Waals surface area (Å²) in [6, 6.07) is 9.98. The Bertz CT molecular complexity index is 1030. The molecule has 4 heterocycles. The average molecular weight is 422 g/mol. The minimum Gasteiger partial charge on any atom is -0.371 e. The molecule has 0 aliphatic carbocycles. The van der Waals surface area contributed by atoms with Crippen molar-refractivity contribution >= 4 is 5.91 Å². The number of rotatable bonds is 4. The molecule has 0 radical (unpaired) electrons. The molecule has 2 aliphatic heterocycles. The van der Waals surface area contributed by atoms with Crippen LogP contribution in [0.2, 0.25) is 0 Å². The van der Waals surface area contributed by atoms with Crippen molar-refractivity contribution < 1.29 is 14.3 Å². The van der Waals surface area contributed by atoms with Gasteiger partial charge in [0.05, 0.1) is 31.0 Å². The van der Waals surface area contributed by atoms with Crippen LogP contribution in [-0.2, 0) is 20.7 Å². The number of aryl methyl sites for hydroxylation is 1. The molecule has 0 spiro atoms. The van der Waals surface area contributed by atoms with E-state index in [4.69, 9.17) is 9.47 Å². The predicted octanol–water partition coefficient (Wildman–Crippen LogP) is 1.49. The zero-order valence-electron chi connectivity index (χ0n) is 17.7. The van der Waals surface area contributed by atoms with Crippen LogP contribution in [0.3, 0.4) is 0 Å². The summed E-state index contributed by atoms with van der Waals surface area (Å²) in [5.74, 6) is 0.0758. The van der Waals surface area contributed by atoms with Crippen molar-refractivity contribution in [3.05, 3.63) is 59.9 Å². The number of hydrogen-bond donors (Lipinski definition) is 0. The molecule has 1 aromatic carbocycles. The molecule has 2 saturated heterocycles. The van der Waals surface area contributed by atoms with Gasteiger partial charge in [-0.15, -0.1) is 0 Å². The first-order valence-electron chi connectivity index (χ1n) is 10.6. The van der Waals surface area contributed by atoms with Crippen LogP contribution in [0.5, 0.6) is 0 Å². The quantitative estimate of drug-likeness (QED) is 0.633. The lowest BCUT2D eigenvalue weighted by molar-refractivity contribution is -0.130. The molecule has 2 fully saturated rings. The van der Waals surface area contributed by atoms with E-state index in [2.05, 4.69) is 15.2 Å². The summed E-state index contributed by atoms with van der Waals surface area (Å²) in [6.45, 7) is 6.04. The maximum absolute atomic E-state index is 13.1. The Morgan fingerprint density at radius 1 is 1.10 bits per heavy atom. The second kappa shape index (κ2) is 8.24. The Balaban J connectivity index is 1.24. The van der Waals surface area contributed by atoms with Crippen molar-refractivity contribution in [2.24, 2.45) is 0 Å². The number of benzene rings is 1. The fourth-order valence-electron chi connectivity index (χ4n) is 4.36. The van der Waals surface area contributed by atoms with E-state index in [-0.39, 0.29) is 24.2 Å². The summed E-state index contributed by atoms with van der Waals surface area (Å²) >= 11 is 0. The fraction of sp³-hybridized carbons (Fsp3) is 0.455. The third-order valence-electron chi connectivity index (χ3n) is 6.15. The van der Waals surface area contributed by atoms with Crippen LogP contribution in [0.15, 0.2) is 43.0 Å². The normalized spacial score (nSPS) is 21.8. The minimum absolute atomic E-state index is 0.00590. The largest absolute Gasteiger partial charge is 0.371 e. The first-order chi connectivity index (χ1) is 15.1. The molecule has 5 rings (SSSR count). The van der Waals surface area contributed by atoms with Crippen LogP contribution < -0.4 is 0 Å². The van der Waals surface area contributed by atoms with E-state index in [0.29, 0.717) is 32.7 Å². The Kier molecular flexibility index (Phi) is 5.29. The summed E-state index contributed by atoms with van der Waals surface area (Å²) < 4.78 is 15.8. The van der Waals surface area contributed by atoms with Gasteiger partial charge in [-0.25, -0.2) is 14.3 Å². The van der Waals surface area contributed by atoms with Crippen molar-refractivity contribution in [2.75, 3.05) is 26.3 Å². The molecule has 0 unspecified atom stereocenters. The lowest BCUT2D eigenvalue weighted by Gasteiger charge is -2.19. The zero-order valence-corrected chi connectivity index (χ0v) is 17.7. The fourth-order valence-corrected chi connectivity index (χ4v) is 4.36. The molecule has 2 atom stereocenters. The lowest BCUT2D eigenvalue weighted by Crippen LogP contribution is -2.32. The number of amides is 1. The highest BCUT2D eigenvalue weighted by Gasteiger charge is 2.39. The molecule has 31 heavy (non-hydrogen) atoms. The minimum atomic E-state index is -0.119. The highest BCUT2D eigenvalue weighted by molar-refractivity contribution is 5.79. The first-order valence-corrected chi connectivity index (χ1v) is 10.6. The molecular weight excluding hydrogens is 396 g/mol. The lowest BCUT2D eigenvalue weighted by atomic mass is 10.1. The molecule has 0 bridgehead atoms. The molecule has 0 N–H and O–H groups in total. The third kappa shape index (κ3) is 3.86. The zero-order chi connectivity index (χ0) is 21.4. The van der Waals surface area contributed by atoms with Gasteiger partial charge in [0.2, 0.25) is 5.91 Å². The predicted molar refractivity (Wildman–Crippen MR) is 112 cm³/mol. The molecule has 3 aromatic rings. The molecule has 2 aliphatic rings. The summed E-state index contributed by atoms with van der Waals surface area (Å²) in [5.41, 5.74) is 3.85. The molecule has 2 aromatic heterocycles. The van der Waals surface area contributed by atoms with Crippen molar-refractivity contribution in [1.82, 2.24) is 29.4 Å². The number of aromatic nitrogens is 5. The van der Waals surface area contributed by atoms with Gasteiger partial charge in [-0.05, 0) is 26.0 Å². The number of carbonyl (C=O) groups excluding carboxylic acids is 1. The van der Waals surface area contributed by atoms with E-state index in [1.807, 2.05) is 53.8 Å². The van der Waals surface area contributed by atoms with Crippen LogP contribution in [0, 0.1) is 13.8 Å². The van der Waals surface area contributed by atoms with Gasteiger partial charge < -0.3 is 14.4 Å². The van der Waals surface area contributed by atoms with Crippen molar-refractivity contribution in [3.8, 4) is 5.69 Å². The molecule has 1 amide bonds. The van der Waals surface area contributed by atoms with Gasteiger partial charge in [-0.1, -0.05) is 18.2 Å². The number of hydrogen-bond acceptors (Lipinski definition) is 6. The molecule has 0 saturated carbocycles. The number of carbonyl (C=O) groups is 1. The maximum atomic E-state index is 13.1. The topological polar surface area (TPSA) is 87.3 Å². The Hall–Kier alpha value is -3.04. The summed E-state index contributed by atoms with van der Waals surface area (Å²) in [5, 5.41) is 8.84. The Morgan fingerprint density at radius 3 is 2.45 bits per heavy atom. The standard InChI is InChI=1S/C22H26N6O3/c1-15-19(16(2)28(25-15)17-6-4-3-5-7-17)8-22(29)26-9-20-21(10-26)31-12-18(11-30-20)27-14-23-13-24-27/h3-7,13-14,18,20-21H,8-12H2,1-2H3/t20-,21-/m0/s1. The number of likely N-dealkylation sites (tertiary alicyclic amines) is 1. The SMILES string of the molecule is Cc1nn(-c2ccccc2)c(C)c1CC(=O)N1C[C@@H]2OCC(n3cncn3)CO[C@H]2C1. The highest BCUT2D eigenvalue weighted by atomic mass is 16.6. The highest BCUT2D eigenvalue weighted by Crippen LogP contribution is 2.25. The summed E-state index contributed by atoms with van der Waals surface area (Å²) in [4.78, 5) is 18.9. The molecule has 9 heteroatoms. The van der Waals surface area contributed by atoms with E-state index in [0.717, 1.165) is 22.6 Å². The molecule has 162 valence electrons. The van der Waals surface area contributed by atoms with Gasteiger partial charge in [0.25, 0.3) is 0 Å². The second-order valence-corrected chi connectivity index (χ2v) is 8.15. The van der Waals surface area contributed by atoms with E-state index < -0.39 is 0 Å². The number of ether oxygens (including phenoxy) is 2. The average Bonchev–Trinajstić information content (AvgIpc) is 3.49. The van der Waals surface area contributed by atoms with Gasteiger partial charge in [0, 0.05) is 24.3 Å². The monoisotopic (exact) mass is 422 g/mol. The maximum Gasteiger partial charge on any atom is 0.227 e. The van der Waals surface area contributed by atoms with E-state index >= 15 is 0 Å². The Labute approximate surface area is 180 Å². The summed E-state index contributed by atoms with van der Waals surface area (Å²) in [7, 11) is 0. The van der Waals surface area contributed by atoms with Crippen LogP contribution in [-0.4, -0.2) is 73.9 Å². The van der Waals surface area contributed by atoms with Gasteiger partial charge in [-0.2, -0.15) is 10.2 Å². The second-order valence-electron chi connectivity index (χ2n) is 8.15. The third-order valence-corrected chi connectivity index (χ3v) is 6.15. The van der Waals surface area contributed by atoms with Gasteiger partial charge in [0.15, 0.2) is 0 Å². The summed E-state index contributed by atoms with van der Waals surface area (Å²) in [6.07, 6.45) is 3.27. The van der Waals surface area contributed by atoms with E-state index in [1.54, 1.807) is 11.0 Å². The van der Waals surface area contributed by atoms with Gasteiger partial charge >= 0.3 is 0 Å². The van der Waals surface area contributed by atoms with Crippen LogP contribution in [0.4, 0.5) is 0 Å². The van der Waals surface area contributed by atoms with E-state index in [1.165, 1.54) is 6.33 Å². The number of para-hydroxylation sites is 1. The van der Waals surface area contributed by atoms with Crippen LogP contribution in [0.1, 0.15) is 23.0 Å². The first kappa shape index (κ1) is 19.9. The number of fused-ring (bicyclic) bond motifs is 1.